The number of carbonyl (C=O) groups is 2. The highest BCUT2D eigenvalue weighted by molar-refractivity contribution is 5.87. The highest BCUT2D eigenvalue weighted by Crippen LogP contribution is 2.17. The van der Waals surface area contributed by atoms with E-state index in [2.05, 4.69) is 5.32 Å². The van der Waals surface area contributed by atoms with Crippen LogP contribution in [0, 0.1) is 6.92 Å². The first-order valence-corrected chi connectivity index (χ1v) is 10.8. The molecule has 6 nitrogen and oxygen atoms in total. The van der Waals surface area contributed by atoms with Crippen molar-refractivity contribution in [2.45, 2.75) is 52.6 Å². The number of benzene rings is 2. The monoisotopic (exact) mass is 426 g/mol. The van der Waals surface area contributed by atoms with Gasteiger partial charge in [0.2, 0.25) is 11.8 Å². The Kier molecular flexibility index (Phi) is 9.88. The maximum atomic E-state index is 13.0. The number of aryl methyl sites for hydroxylation is 1. The molecule has 168 valence electrons. The number of nitrogens with one attached hydrogen (secondary N) is 1. The molecule has 2 amide bonds. The van der Waals surface area contributed by atoms with Gasteiger partial charge in [-0.1, -0.05) is 36.8 Å². The second kappa shape index (κ2) is 12.6. The quantitative estimate of drug-likeness (QED) is 0.519. The van der Waals surface area contributed by atoms with Crippen LogP contribution in [0.25, 0.3) is 0 Å². The standard InChI is InChI=1S/C25H34N2O4/c1-5-15-26-25(29)20(3)27(18-21-8-6-9-23(17-21)30-4)24(28)10-7-16-31-22-13-11-19(2)12-14-22/h6,8-9,11-14,17,20H,5,7,10,15-16,18H2,1-4H3,(H,26,29)/t20-/m1/s1. The zero-order valence-electron chi connectivity index (χ0n) is 19.0. The van der Waals surface area contributed by atoms with E-state index in [0.717, 1.165) is 23.5 Å². The molecule has 31 heavy (non-hydrogen) atoms. The molecule has 0 heterocycles. The smallest absolute Gasteiger partial charge is 0.242 e. The summed E-state index contributed by atoms with van der Waals surface area (Å²) in [6.45, 7) is 7.17. The Hall–Kier alpha value is -3.02. The van der Waals surface area contributed by atoms with Gasteiger partial charge in [-0.25, -0.2) is 0 Å². The van der Waals surface area contributed by atoms with Gasteiger partial charge in [-0.05, 0) is 56.5 Å². The molecule has 0 spiro atoms. The van der Waals surface area contributed by atoms with E-state index in [1.807, 2.05) is 62.4 Å². The fourth-order valence-electron chi connectivity index (χ4n) is 3.14. The lowest BCUT2D eigenvalue weighted by atomic mass is 10.1. The van der Waals surface area contributed by atoms with Gasteiger partial charge in [0.15, 0.2) is 0 Å². The van der Waals surface area contributed by atoms with Crippen molar-refractivity contribution in [1.82, 2.24) is 10.2 Å². The van der Waals surface area contributed by atoms with Gasteiger partial charge in [0.1, 0.15) is 17.5 Å². The molecule has 1 atom stereocenters. The maximum absolute atomic E-state index is 13.0. The number of rotatable bonds is 12. The van der Waals surface area contributed by atoms with Crippen LogP contribution in [-0.2, 0) is 16.1 Å². The molecule has 2 aromatic carbocycles. The lowest BCUT2D eigenvalue weighted by molar-refractivity contribution is -0.140. The lowest BCUT2D eigenvalue weighted by Gasteiger charge is -2.29. The number of hydrogen-bond donors (Lipinski definition) is 1. The molecule has 0 radical (unpaired) electrons. The fraction of sp³-hybridized carbons (Fsp3) is 0.440. The molecule has 0 unspecified atom stereocenters. The van der Waals surface area contributed by atoms with Crippen LogP contribution in [0.4, 0.5) is 0 Å². The van der Waals surface area contributed by atoms with Crippen molar-refractivity contribution in [1.29, 1.82) is 0 Å². The van der Waals surface area contributed by atoms with E-state index in [1.54, 1.807) is 18.9 Å². The number of hydrogen-bond acceptors (Lipinski definition) is 4. The van der Waals surface area contributed by atoms with Crippen molar-refractivity contribution in [2.24, 2.45) is 0 Å². The largest absolute Gasteiger partial charge is 0.497 e. The summed E-state index contributed by atoms with van der Waals surface area (Å²) in [4.78, 5) is 27.2. The number of nitrogens with zero attached hydrogens (tertiary/aromatic N) is 1. The van der Waals surface area contributed by atoms with Gasteiger partial charge in [0, 0.05) is 19.5 Å². The molecule has 2 aromatic rings. The summed E-state index contributed by atoms with van der Waals surface area (Å²) in [5.74, 6) is 1.29. The minimum atomic E-state index is -0.566. The third kappa shape index (κ3) is 7.96. The summed E-state index contributed by atoms with van der Waals surface area (Å²) in [5.41, 5.74) is 2.09. The van der Waals surface area contributed by atoms with Gasteiger partial charge in [-0.15, -0.1) is 0 Å². The first-order valence-electron chi connectivity index (χ1n) is 10.8. The highest BCUT2D eigenvalue weighted by Gasteiger charge is 2.25. The Morgan fingerprint density at radius 2 is 1.84 bits per heavy atom. The molecule has 0 saturated carbocycles. The Labute approximate surface area is 185 Å². The predicted molar refractivity (Wildman–Crippen MR) is 122 cm³/mol. The molecule has 0 aliphatic carbocycles. The van der Waals surface area contributed by atoms with Gasteiger partial charge in [0.25, 0.3) is 0 Å². The van der Waals surface area contributed by atoms with E-state index in [0.29, 0.717) is 32.5 Å². The lowest BCUT2D eigenvalue weighted by Crippen LogP contribution is -2.47. The molecule has 0 bridgehead atoms. The van der Waals surface area contributed by atoms with Crippen molar-refractivity contribution >= 4 is 11.8 Å². The summed E-state index contributed by atoms with van der Waals surface area (Å²) >= 11 is 0. The van der Waals surface area contributed by atoms with E-state index in [9.17, 15) is 9.59 Å². The fourth-order valence-corrected chi connectivity index (χ4v) is 3.14. The summed E-state index contributed by atoms with van der Waals surface area (Å²) in [6.07, 6.45) is 1.73. The second-order valence-corrected chi connectivity index (χ2v) is 7.61. The van der Waals surface area contributed by atoms with Crippen LogP contribution in [0.3, 0.4) is 0 Å². The minimum Gasteiger partial charge on any atom is -0.497 e. The molecule has 6 heteroatoms. The van der Waals surface area contributed by atoms with Crippen LogP contribution in [0.15, 0.2) is 48.5 Å². The van der Waals surface area contributed by atoms with Crippen molar-refractivity contribution in [2.75, 3.05) is 20.3 Å². The topological polar surface area (TPSA) is 67.9 Å². The van der Waals surface area contributed by atoms with Gasteiger partial charge >= 0.3 is 0 Å². The van der Waals surface area contributed by atoms with Gasteiger partial charge < -0.3 is 19.7 Å². The normalized spacial score (nSPS) is 11.5. The van der Waals surface area contributed by atoms with Crippen LogP contribution in [0.2, 0.25) is 0 Å². The van der Waals surface area contributed by atoms with E-state index < -0.39 is 6.04 Å². The minimum absolute atomic E-state index is 0.0746. The Bertz CT molecular complexity index is 836. The van der Waals surface area contributed by atoms with Crippen molar-refractivity contribution in [3.63, 3.8) is 0 Å². The number of ether oxygens (including phenoxy) is 2. The van der Waals surface area contributed by atoms with Crippen molar-refractivity contribution in [3.8, 4) is 11.5 Å². The summed E-state index contributed by atoms with van der Waals surface area (Å²) in [5, 5.41) is 2.89. The van der Waals surface area contributed by atoms with Gasteiger partial charge in [-0.3, -0.25) is 9.59 Å². The van der Waals surface area contributed by atoms with Gasteiger partial charge in [-0.2, -0.15) is 0 Å². The van der Waals surface area contributed by atoms with Crippen molar-refractivity contribution < 1.29 is 19.1 Å². The van der Waals surface area contributed by atoms with Gasteiger partial charge in [0.05, 0.1) is 13.7 Å². The Morgan fingerprint density at radius 3 is 2.52 bits per heavy atom. The average molecular weight is 427 g/mol. The zero-order valence-corrected chi connectivity index (χ0v) is 19.0. The number of amides is 2. The molecular formula is C25H34N2O4. The molecule has 0 fully saturated rings. The number of carbonyl (C=O) groups excluding carboxylic acids is 2. The zero-order chi connectivity index (χ0) is 22.6. The summed E-state index contributed by atoms with van der Waals surface area (Å²) in [6, 6.07) is 14.8. The Balaban J connectivity index is 2.00. The SMILES string of the molecule is CCCNC(=O)[C@@H](C)N(Cc1cccc(OC)c1)C(=O)CCCOc1ccc(C)cc1. The summed E-state index contributed by atoms with van der Waals surface area (Å²) < 4.78 is 11.0. The third-order valence-corrected chi connectivity index (χ3v) is 5.03. The van der Waals surface area contributed by atoms with Crippen LogP contribution in [-0.4, -0.2) is 43.0 Å². The molecular weight excluding hydrogens is 392 g/mol. The van der Waals surface area contributed by atoms with Crippen LogP contribution < -0.4 is 14.8 Å². The average Bonchev–Trinajstić information content (AvgIpc) is 2.79. The van der Waals surface area contributed by atoms with Crippen LogP contribution in [0.5, 0.6) is 11.5 Å². The maximum Gasteiger partial charge on any atom is 0.242 e. The molecule has 2 rings (SSSR count). The first-order chi connectivity index (χ1) is 14.9. The Morgan fingerprint density at radius 1 is 1.10 bits per heavy atom. The first kappa shape index (κ1) is 24.3. The molecule has 1 N–H and O–H groups in total. The van der Waals surface area contributed by atoms with E-state index in [-0.39, 0.29) is 11.8 Å². The van der Waals surface area contributed by atoms with E-state index >= 15 is 0 Å². The number of methoxy groups -OCH3 is 1. The van der Waals surface area contributed by atoms with Crippen LogP contribution >= 0.6 is 0 Å². The third-order valence-electron chi connectivity index (χ3n) is 5.03. The second-order valence-electron chi connectivity index (χ2n) is 7.61. The molecule has 0 aromatic heterocycles. The molecule has 0 aliphatic heterocycles. The van der Waals surface area contributed by atoms with E-state index in [1.165, 1.54) is 5.56 Å². The molecule has 0 saturated heterocycles. The van der Waals surface area contributed by atoms with Crippen LogP contribution in [0.1, 0.15) is 44.2 Å². The highest BCUT2D eigenvalue weighted by atomic mass is 16.5. The van der Waals surface area contributed by atoms with E-state index in [4.69, 9.17) is 9.47 Å². The van der Waals surface area contributed by atoms with Crippen molar-refractivity contribution in [3.05, 3.63) is 59.7 Å². The predicted octanol–water partition coefficient (Wildman–Crippen LogP) is 4.11. The summed E-state index contributed by atoms with van der Waals surface area (Å²) in [7, 11) is 1.61. The molecule has 0 aliphatic rings.